The molecule has 1 heterocycles. The van der Waals surface area contributed by atoms with E-state index in [1.165, 1.54) is 27.6 Å². The highest BCUT2D eigenvalue weighted by Gasteiger charge is 2.39. The highest BCUT2D eigenvalue weighted by molar-refractivity contribution is 9.10. The Morgan fingerprint density at radius 1 is 1.03 bits per heavy atom. The van der Waals surface area contributed by atoms with Gasteiger partial charge in [0.2, 0.25) is 0 Å². The molecule has 0 radical (unpaired) electrons. The van der Waals surface area contributed by atoms with Gasteiger partial charge in [0.05, 0.1) is 17.6 Å². The molecule has 0 saturated carbocycles. The Bertz CT molecular complexity index is 1450. The minimum atomic E-state index is 0.149. The number of nitrogens with one attached hydrogen (secondary N) is 1. The van der Waals surface area contributed by atoms with Crippen molar-refractivity contribution >= 4 is 44.0 Å². The van der Waals surface area contributed by atoms with Crippen LogP contribution in [0.2, 0.25) is 5.02 Å². The molecule has 5 heteroatoms. The van der Waals surface area contributed by atoms with Gasteiger partial charge < -0.3 is 14.8 Å². The van der Waals surface area contributed by atoms with Crippen molar-refractivity contribution in [2.45, 2.75) is 25.0 Å². The number of ether oxygens (including phenoxy) is 2. The summed E-state index contributed by atoms with van der Waals surface area (Å²) in [5.41, 5.74) is 4.72. The molecule has 4 aromatic rings. The van der Waals surface area contributed by atoms with Crippen LogP contribution in [-0.2, 0) is 6.61 Å². The lowest BCUT2D eigenvalue weighted by atomic mass is 9.76. The molecular formula is C30H25BrClNO2. The van der Waals surface area contributed by atoms with Crippen LogP contribution >= 0.6 is 27.5 Å². The van der Waals surface area contributed by atoms with Gasteiger partial charge in [-0.3, -0.25) is 0 Å². The Kier molecular flexibility index (Phi) is 5.95. The van der Waals surface area contributed by atoms with Gasteiger partial charge in [0.1, 0.15) is 6.61 Å². The zero-order valence-electron chi connectivity index (χ0n) is 19.3. The Balaban J connectivity index is 1.37. The van der Waals surface area contributed by atoms with E-state index in [4.69, 9.17) is 21.1 Å². The van der Waals surface area contributed by atoms with E-state index in [1.807, 2.05) is 24.3 Å². The summed E-state index contributed by atoms with van der Waals surface area (Å²) >= 11 is 10.1. The Morgan fingerprint density at radius 2 is 1.86 bits per heavy atom. The number of halogens is 2. The largest absolute Gasteiger partial charge is 0.493 e. The van der Waals surface area contributed by atoms with Gasteiger partial charge >= 0.3 is 0 Å². The lowest BCUT2D eigenvalue weighted by Crippen LogP contribution is -2.29. The third-order valence-corrected chi connectivity index (χ3v) is 8.16. The maximum absolute atomic E-state index is 6.33. The summed E-state index contributed by atoms with van der Waals surface area (Å²) in [6.45, 7) is 0.365. The monoisotopic (exact) mass is 545 g/mol. The molecule has 1 aliphatic heterocycles. The molecule has 1 aliphatic carbocycles. The van der Waals surface area contributed by atoms with Crippen LogP contribution < -0.4 is 14.8 Å². The summed E-state index contributed by atoms with van der Waals surface area (Å²) in [4.78, 5) is 0. The van der Waals surface area contributed by atoms with Crippen molar-refractivity contribution in [1.29, 1.82) is 0 Å². The van der Waals surface area contributed by atoms with Crippen LogP contribution in [0.25, 0.3) is 10.8 Å². The number of hydrogen-bond acceptors (Lipinski definition) is 3. The highest BCUT2D eigenvalue weighted by atomic mass is 79.9. The first kappa shape index (κ1) is 22.5. The van der Waals surface area contributed by atoms with Crippen molar-refractivity contribution < 1.29 is 9.47 Å². The zero-order chi connectivity index (χ0) is 23.9. The molecule has 0 amide bonds. The number of allylic oxidation sites excluding steroid dienone is 2. The fourth-order valence-electron chi connectivity index (χ4n) is 5.49. The number of rotatable bonds is 5. The van der Waals surface area contributed by atoms with Crippen molar-refractivity contribution in [3.63, 3.8) is 0 Å². The van der Waals surface area contributed by atoms with E-state index in [1.54, 1.807) is 7.11 Å². The van der Waals surface area contributed by atoms with E-state index in [9.17, 15) is 0 Å². The second kappa shape index (κ2) is 9.25. The maximum atomic E-state index is 6.33. The number of benzene rings is 4. The normalized spacial score (nSPS) is 20.3. The number of anilines is 1. The molecule has 0 bridgehead atoms. The van der Waals surface area contributed by atoms with E-state index < -0.39 is 0 Å². The van der Waals surface area contributed by atoms with Crippen molar-refractivity contribution in [2.24, 2.45) is 5.92 Å². The molecular weight excluding hydrogens is 522 g/mol. The second-order valence-corrected chi connectivity index (χ2v) is 10.4. The number of hydrogen-bond donors (Lipinski definition) is 1. The molecule has 176 valence electrons. The van der Waals surface area contributed by atoms with Crippen LogP contribution in [0.3, 0.4) is 0 Å². The molecule has 1 N–H and O–H groups in total. The van der Waals surface area contributed by atoms with Gasteiger partial charge in [-0.1, -0.05) is 78.4 Å². The predicted molar refractivity (Wildman–Crippen MR) is 147 cm³/mol. The first-order valence-corrected chi connectivity index (χ1v) is 13.0. The van der Waals surface area contributed by atoms with Gasteiger partial charge in [-0.05, 0) is 63.0 Å². The summed E-state index contributed by atoms with van der Waals surface area (Å²) in [5.74, 6) is 2.21. The first-order valence-electron chi connectivity index (χ1n) is 11.8. The van der Waals surface area contributed by atoms with E-state index in [0.29, 0.717) is 35.0 Å². The molecule has 0 aromatic heterocycles. The lowest BCUT2D eigenvalue weighted by molar-refractivity contribution is 0.282. The van der Waals surface area contributed by atoms with Gasteiger partial charge in [0.25, 0.3) is 0 Å². The Morgan fingerprint density at radius 3 is 2.71 bits per heavy atom. The van der Waals surface area contributed by atoms with Gasteiger partial charge in [-0.2, -0.15) is 0 Å². The standard InChI is InChI=1S/C30H25BrClNO2/c1-34-27-16-20(15-25(31)30(27)35-17-19-8-3-5-12-26(19)32)28-23-11-6-10-22(23)24-14-13-18-7-2-4-9-21(18)29(24)33-28/h2-10,12-16,22-23,28,33H,11,17H2,1H3/t22-,23+,28+/m1/s1. The van der Waals surface area contributed by atoms with Crippen LogP contribution in [-0.4, -0.2) is 7.11 Å². The number of methoxy groups -OCH3 is 1. The second-order valence-electron chi connectivity index (χ2n) is 9.14. The minimum Gasteiger partial charge on any atom is -0.493 e. The molecule has 0 fully saturated rings. The predicted octanol–water partition coefficient (Wildman–Crippen LogP) is 8.67. The van der Waals surface area contributed by atoms with E-state index in [0.717, 1.165) is 16.5 Å². The van der Waals surface area contributed by atoms with Crippen molar-refractivity contribution in [3.05, 3.63) is 111 Å². The third kappa shape index (κ3) is 3.99. The molecule has 2 aliphatic rings. The summed E-state index contributed by atoms with van der Waals surface area (Å²) in [5, 5.41) is 7.12. The smallest absolute Gasteiger partial charge is 0.175 e. The summed E-state index contributed by atoms with van der Waals surface area (Å²) < 4.78 is 12.8. The molecule has 35 heavy (non-hydrogen) atoms. The van der Waals surface area contributed by atoms with E-state index >= 15 is 0 Å². The van der Waals surface area contributed by atoms with Crippen LogP contribution in [0.5, 0.6) is 11.5 Å². The molecule has 0 saturated heterocycles. The zero-order valence-corrected chi connectivity index (χ0v) is 21.6. The third-order valence-electron chi connectivity index (χ3n) is 7.20. The highest BCUT2D eigenvalue weighted by Crippen LogP contribution is 2.52. The average molecular weight is 547 g/mol. The quantitative estimate of drug-likeness (QED) is 0.254. The minimum absolute atomic E-state index is 0.149. The maximum Gasteiger partial charge on any atom is 0.175 e. The van der Waals surface area contributed by atoms with Gasteiger partial charge in [0, 0.05) is 27.6 Å². The van der Waals surface area contributed by atoms with Crippen LogP contribution in [0.4, 0.5) is 5.69 Å². The fraction of sp³-hybridized carbons (Fsp3) is 0.200. The topological polar surface area (TPSA) is 30.5 Å². The van der Waals surface area contributed by atoms with Crippen molar-refractivity contribution in [3.8, 4) is 11.5 Å². The van der Waals surface area contributed by atoms with Crippen LogP contribution in [0, 0.1) is 5.92 Å². The SMILES string of the molecule is COc1cc([C@@H]2Nc3c(ccc4ccccc34)[C@@H]3C=CC[C@@H]32)cc(Br)c1OCc1ccccc1Cl. The van der Waals surface area contributed by atoms with Crippen LogP contribution in [0.15, 0.2) is 89.4 Å². The molecule has 4 aromatic carbocycles. The molecule has 3 atom stereocenters. The van der Waals surface area contributed by atoms with Crippen molar-refractivity contribution in [2.75, 3.05) is 12.4 Å². The average Bonchev–Trinajstić information content (AvgIpc) is 3.38. The van der Waals surface area contributed by atoms with E-state index in [-0.39, 0.29) is 6.04 Å². The van der Waals surface area contributed by atoms with Gasteiger partial charge in [0.15, 0.2) is 11.5 Å². The fourth-order valence-corrected chi connectivity index (χ4v) is 6.26. The Hall–Kier alpha value is -2.95. The summed E-state index contributed by atoms with van der Waals surface area (Å²) in [6, 6.07) is 25.3. The number of fused-ring (bicyclic) bond motifs is 5. The van der Waals surface area contributed by atoms with Crippen LogP contribution in [0.1, 0.15) is 35.1 Å². The molecule has 6 rings (SSSR count). The van der Waals surface area contributed by atoms with Gasteiger partial charge in [-0.15, -0.1) is 0 Å². The summed E-state index contributed by atoms with van der Waals surface area (Å²) in [7, 11) is 1.69. The summed E-state index contributed by atoms with van der Waals surface area (Å²) in [6.07, 6.45) is 5.74. The van der Waals surface area contributed by atoms with E-state index in [2.05, 4.69) is 81.9 Å². The molecule has 0 unspecified atom stereocenters. The Labute approximate surface area is 218 Å². The molecule has 0 spiro atoms. The molecule has 3 nitrogen and oxygen atoms in total. The first-order chi connectivity index (χ1) is 17.1. The lowest BCUT2D eigenvalue weighted by Gasteiger charge is -2.38. The van der Waals surface area contributed by atoms with Gasteiger partial charge in [-0.25, -0.2) is 0 Å². The van der Waals surface area contributed by atoms with Crippen molar-refractivity contribution in [1.82, 2.24) is 0 Å².